The van der Waals surface area contributed by atoms with Crippen LogP contribution in [-0.2, 0) is 0 Å². The second-order valence-electron chi connectivity index (χ2n) is 10.4. The second kappa shape index (κ2) is 9.03. The highest BCUT2D eigenvalue weighted by atomic mass is 16.5. The van der Waals surface area contributed by atoms with Gasteiger partial charge in [-0.3, -0.25) is 0 Å². The summed E-state index contributed by atoms with van der Waals surface area (Å²) in [6.07, 6.45) is 8.25. The molecule has 0 unspecified atom stereocenters. The van der Waals surface area contributed by atoms with E-state index < -0.39 is 5.60 Å². The average Bonchev–Trinajstić information content (AvgIpc) is 2.81. The van der Waals surface area contributed by atoms with Crippen molar-refractivity contribution in [3.63, 3.8) is 0 Å². The van der Waals surface area contributed by atoms with Crippen molar-refractivity contribution in [2.45, 2.75) is 70.0 Å². The number of aliphatic imine (C=N–C) groups is 1. The fourth-order valence-electron chi connectivity index (χ4n) is 5.56. The number of rotatable bonds is 4. The van der Waals surface area contributed by atoms with Crippen LogP contribution in [0.4, 0.5) is 11.5 Å². The van der Waals surface area contributed by atoms with Crippen LogP contribution in [0, 0.1) is 5.92 Å². The first kappa shape index (κ1) is 22.3. The van der Waals surface area contributed by atoms with E-state index in [4.69, 9.17) is 15.5 Å². The van der Waals surface area contributed by atoms with Crippen LogP contribution in [-0.4, -0.2) is 57.0 Å². The third-order valence-electron chi connectivity index (χ3n) is 7.54. The summed E-state index contributed by atoms with van der Waals surface area (Å²) in [6.45, 7) is 7.31. The maximum absolute atomic E-state index is 9.73. The van der Waals surface area contributed by atoms with Gasteiger partial charge >= 0.3 is 0 Å². The van der Waals surface area contributed by atoms with E-state index in [9.17, 15) is 5.11 Å². The SMILES string of the molecule is CC1(C)Oc2ncnc(N)c2N=C1c1ccc(C2CCC(CN3CCC(O)CC3)CC2)cc1. The quantitative estimate of drug-likeness (QED) is 0.730. The minimum atomic E-state index is -0.599. The fraction of sp³-hybridized carbons (Fsp3) is 0.577. The van der Waals surface area contributed by atoms with E-state index in [-0.39, 0.29) is 6.10 Å². The third kappa shape index (κ3) is 4.75. The van der Waals surface area contributed by atoms with Gasteiger partial charge in [-0.1, -0.05) is 24.3 Å². The number of ether oxygens (including phenoxy) is 1. The van der Waals surface area contributed by atoms with Crippen molar-refractivity contribution in [1.82, 2.24) is 14.9 Å². The first-order valence-electron chi connectivity index (χ1n) is 12.3. The largest absolute Gasteiger partial charge is 0.463 e. The van der Waals surface area contributed by atoms with Crippen LogP contribution in [0.5, 0.6) is 5.88 Å². The number of aromatic nitrogens is 2. The summed E-state index contributed by atoms with van der Waals surface area (Å²) in [5, 5.41) is 9.73. The molecule has 3 N–H and O–H groups in total. The Morgan fingerprint density at radius 2 is 1.73 bits per heavy atom. The van der Waals surface area contributed by atoms with Gasteiger partial charge in [0.1, 0.15) is 11.9 Å². The van der Waals surface area contributed by atoms with Crippen molar-refractivity contribution in [2.75, 3.05) is 25.4 Å². The van der Waals surface area contributed by atoms with Gasteiger partial charge in [-0.15, -0.1) is 0 Å². The highest BCUT2D eigenvalue weighted by molar-refractivity contribution is 6.09. The molecule has 2 aromatic rings. The molecular formula is C26H35N5O2. The lowest BCUT2D eigenvalue weighted by molar-refractivity contribution is 0.0702. The maximum atomic E-state index is 9.73. The van der Waals surface area contributed by atoms with E-state index >= 15 is 0 Å². The van der Waals surface area contributed by atoms with Crippen LogP contribution in [0.2, 0.25) is 0 Å². The van der Waals surface area contributed by atoms with Crippen LogP contribution < -0.4 is 10.5 Å². The molecule has 1 aromatic heterocycles. The molecule has 0 atom stereocenters. The number of hydrogen-bond donors (Lipinski definition) is 2. The Bertz CT molecular complexity index is 1000. The van der Waals surface area contributed by atoms with Gasteiger partial charge in [0, 0.05) is 25.2 Å². The standard InChI is InChI=1S/C26H35N5O2/c1-26(2)23(30-22-24(27)28-16-29-25(22)33-26)20-9-7-19(8-10-20)18-5-3-17(4-6-18)15-31-13-11-21(32)12-14-31/h7-10,16-18,21,32H,3-6,11-15H2,1-2H3,(H2,27,28,29). The van der Waals surface area contributed by atoms with Crippen LogP contribution in [0.25, 0.3) is 0 Å². The molecule has 1 aromatic carbocycles. The summed E-state index contributed by atoms with van der Waals surface area (Å²) in [5.41, 5.74) is 9.23. The molecule has 7 heteroatoms. The molecule has 0 bridgehead atoms. The number of nitrogens with zero attached hydrogens (tertiary/aromatic N) is 4. The number of fused-ring (bicyclic) bond motifs is 1. The summed E-state index contributed by atoms with van der Waals surface area (Å²) < 4.78 is 6.11. The predicted molar refractivity (Wildman–Crippen MR) is 130 cm³/mol. The first-order valence-corrected chi connectivity index (χ1v) is 12.3. The molecule has 2 fully saturated rings. The monoisotopic (exact) mass is 449 g/mol. The Balaban J connectivity index is 1.24. The van der Waals surface area contributed by atoms with Crippen molar-refractivity contribution in [1.29, 1.82) is 0 Å². The Morgan fingerprint density at radius 3 is 2.42 bits per heavy atom. The molecule has 1 aliphatic carbocycles. The zero-order chi connectivity index (χ0) is 23.0. The number of benzene rings is 1. The summed E-state index contributed by atoms with van der Waals surface area (Å²) in [7, 11) is 0. The van der Waals surface area contributed by atoms with Crippen LogP contribution in [0.3, 0.4) is 0 Å². The van der Waals surface area contributed by atoms with Crippen molar-refractivity contribution < 1.29 is 9.84 Å². The van der Waals surface area contributed by atoms with E-state index in [1.807, 2.05) is 13.8 Å². The molecule has 7 nitrogen and oxygen atoms in total. The highest BCUT2D eigenvalue weighted by Crippen LogP contribution is 2.40. The van der Waals surface area contributed by atoms with Crippen LogP contribution >= 0.6 is 0 Å². The van der Waals surface area contributed by atoms with Gasteiger partial charge < -0.3 is 20.5 Å². The Hall–Kier alpha value is -2.51. The van der Waals surface area contributed by atoms with E-state index in [0.717, 1.165) is 43.1 Å². The molecular weight excluding hydrogens is 414 g/mol. The number of nitrogens with two attached hydrogens (primary N) is 1. The Morgan fingerprint density at radius 1 is 1.03 bits per heavy atom. The van der Waals surface area contributed by atoms with Gasteiger partial charge in [0.15, 0.2) is 11.5 Å². The third-order valence-corrected chi connectivity index (χ3v) is 7.54. The van der Waals surface area contributed by atoms with Gasteiger partial charge in [0.2, 0.25) is 5.88 Å². The highest BCUT2D eigenvalue weighted by Gasteiger charge is 2.35. The number of likely N-dealkylation sites (tertiary alicyclic amines) is 1. The maximum Gasteiger partial charge on any atom is 0.246 e. The molecule has 3 aliphatic rings. The lowest BCUT2D eigenvalue weighted by atomic mass is 9.78. The van der Waals surface area contributed by atoms with Gasteiger partial charge in [0.05, 0.1) is 11.8 Å². The molecule has 33 heavy (non-hydrogen) atoms. The number of aliphatic hydroxyl groups excluding tert-OH is 1. The summed E-state index contributed by atoms with van der Waals surface area (Å²) in [4.78, 5) is 15.6. The predicted octanol–water partition coefficient (Wildman–Crippen LogP) is 4.08. The van der Waals surface area contributed by atoms with E-state index in [0.29, 0.717) is 23.3 Å². The van der Waals surface area contributed by atoms with Gasteiger partial charge in [-0.25, -0.2) is 9.98 Å². The molecule has 0 radical (unpaired) electrons. The average molecular weight is 450 g/mol. The second-order valence-corrected chi connectivity index (χ2v) is 10.4. The normalized spacial score (nSPS) is 25.7. The van der Waals surface area contributed by atoms with Crippen molar-refractivity contribution >= 4 is 17.2 Å². The fourth-order valence-corrected chi connectivity index (χ4v) is 5.56. The Labute approximate surface area is 196 Å². The summed E-state index contributed by atoms with van der Waals surface area (Å²) in [5.74, 6) is 2.19. The van der Waals surface area contributed by atoms with Crippen molar-refractivity contribution in [3.8, 4) is 5.88 Å². The van der Waals surface area contributed by atoms with E-state index in [1.54, 1.807) is 0 Å². The van der Waals surface area contributed by atoms with Gasteiger partial charge in [0.25, 0.3) is 0 Å². The first-order chi connectivity index (χ1) is 15.9. The zero-order valence-corrected chi connectivity index (χ0v) is 19.7. The summed E-state index contributed by atoms with van der Waals surface area (Å²) in [6, 6.07) is 8.83. The summed E-state index contributed by atoms with van der Waals surface area (Å²) >= 11 is 0. The number of nitrogen functional groups attached to an aromatic ring is 1. The zero-order valence-electron chi connectivity index (χ0n) is 19.7. The van der Waals surface area contributed by atoms with E-state index in [2.05, 4.69) is 39.1 Å². The molecule has 5 rings (SSSR count). The van der Waals surface area contributed by atoms with E-state index in [1.165, 1.54) is 44.1 Å². The molecule has 2 aliphatic heterocycles. The number of anilines is 1. The van der Waals surface area contributed by atoms with Crippen LogP contribution in [0.15, 0.2) is 35.6 Å². The lowest BCUT2D eigenvalue weighted by Crippen LogP contribution is -2.41. The molecule has 3 heterocycles. The van der Waals surface area contributed by atoms with Gasteiger partial charge in [-0.2, -0.15) is 4.98 Å². The minimum Gasteiger partial charge on any atom is -0.463 e. The lowest BCUT2D eigenvalue weighted by Gasteiger charge is -2.35. The topological polar surface area (TPSA) is 96.9 Å². The van der Waals surface area contributed by atoms with Crippen molar-refractivity contribution in [2.24, 2.45) is 10.9 Å². The van der Waals surface area contributed by atoms with Gasteiger partial charge in [-0.05, 0) is 69.8 Å². The molecule has 0 spiro atoms. The van der Waals surface area contributed by atoms with Crippen LogP contribution in [0.1, 0.15) is 69.4 Å². The Kier molecular flexibility index (Phi) is 6.10. The smallest absolute Gasteiger partial charge is 0.246 e. The molecule has 1 saturated heterocycles. The molecule has 176 valence electrons. The number of piperidine rings is 1. The van der Waals surface area contributed by atoms with Crippen molar-refractivity contribution in [3.05, 3.63) is 41.7 Å². The number of aliphatic hydroxyl groups is 1. The molecule has 0 amide bonds. The minimum absolute atomic E-state index is 0.0860. The number of hydrogen-bond acceptors (Lipinski definition) is 7. The molecule has 1 saturated carbocycles.